The number of benzene rings is 1. The van der Waals surface area contributed by atoms with Crippen molar-refractivity contribution in [3.8, 4) is 17.3 Å². The summed E-state index contributed by atoms with van der Waals surface area (Å²) in [4.78, 5) is 4.98. The van der Waals surface area contributed by atoms with E-state index in [0.29, 0.717) is 0 Å². The summed E-state index contributed by atoms with van der Waals surface area (Å²) in [6, 6.07) is 6.51. The molecule has 1 aromatic carbocycles. The van der Waals surface area contributed by atoms with Crippen LogP contribution in [0.15, 0.2) is 24.5 Å². The van der Waals surface area contributed by atoms with E-state index < -0.39 is 0 Å². The summed E-state index contributed by atoms with van der Waals surface area (Å²) in [5.41, 5.74) is 7.45. The van der Waals surface area contributed by atoms with Gasteiger partial charge in [0.2, 0.25) is 0 Å². The molecule has 0 fully saturated rings. The Kier molecular flexibility index (Phi) is 3.73. The molecule has 6 nitrogen and oxygen atoms in total. The Bertz CT molecular complexity index is 1160. The van der Waals surface area contributed by atoms with Crippen LogP contribution in [0, 0.1) is 24.2 Å². The Morgan fingerprint density at radius 2 is 2.00 bits per heavy atom. The molecule has 6 heteroatoms. The Hall–Kier alpha value is -3.20. The van der Waals surface area contributed by atoms with Crippen molar-refractivity contribution in [3.63, 3.8) is 0 Å². The number of aryl methyl sites for hydroxylation is 2. The second kappa shape index (κ2) is 5.95. The van der Waals surface area contributed by atoms with Gasteiger partial charge in [-0.2, -0.15) is 15.5 Å². The average molecular weight is 344 g/mol. The molecule has 1 atom stereocenters. The first kappa shape index (κ1) is 16.3. The van der Waals surface area contributed by atoms with E-state index >= 15 is 0 Å². The van der Waals surface area contributed by atoms with Crippen LogP contribution in [0.1, 0.15) is 30.7 Å². The van der Waals surface area contributed by atoms with Gasteiger partial charge in [0.15, 0.2) is 0 Å². The molecule has 0 aliphatic heterocycles. The van der Waals surface area contributed by atoms with E-state index in [-0.39, 0.29) is 13.3 Å². The molecule has 3 aromatic heterocycles. The van der Waals surface area contributed by atoms with Crippen LogP contribution in [-0.2, 0) is 12.8 Å². The molecule has 0 saturated carbocycles. The standard InChI is InChI=1S/C19H16N6.CH4/c1-10-14(8-21-24-10)19-13-6-11(7-20)2-3-12(13)18-15-9-22-25-16(15)4-5-17(18)23-19;/h4-5,8-9,11H,2-3,6H2,1H3,(H,21,24)(H,22,25);1H4. The van der Waals surface area contributed by atoms with Gasteiger partial charge in [-0.05, 0) is 49.4 Å². The van der Waals surface area contributed by atoms with Crippen molar-refractivity contribution >= 4 is 21.8 Å². The van der Waals surface area contributed by atoms with Gasteiger partial charge in [-0.25, -0.2) is 4.98 Å². The quantitative estimate of drug-likeness (QED) is 0.544. The minimum atomic E-state index is 0. The van der Waals surface area contributed by atoms with Crippen molar-refractivity contribution < 1.29 is 0 Å². The number of nitriles is 1. The molecule has 0 radical (unpaired) electrons. The summed E-state index contributed by atoms with van der Waals surface area (Å²) in [6.45, 7) is 2.00. The highest BCUT2D eigenvalue weighted by Gasteiger charge is 2.26. The smallest absolute Gasteiger partial charge is 0.0779 e. The average Bonchev–Trinajstić information content (AvgIpc) is 3.28. The van der Waals surface area contributed by atoms with E-state index in [4.69, 9.17) is 4.98 Å². The summed E-state index contributed by atoms with van der Waals surface area (Å²) in [6.07, 6.45) is 6.22. The number of fused-ring (bicyclic) bond motifs is 5. The van der Waals surface area contributed by atoms with Crippen molar-refractivity contribution in [1.29, 1.82) is 5.26 Å². The number of hydrogen-bond acceptors (Lipinski definition) is 4. The van der Waals surface area contributed by atoms with E-state index in [9.17, 15) is 5.26 Å². The SMILES string of the molecule is C.Cc1[nH]ncc1-c1nc2ccc3[nH]ncc3c2c2c1CC(C#N)CC2. The van der Waals surface area contributed by atoms with Gasteiger partial charge in [0, 0.05) is 22.0 Å². The van der Waals surface area contributed by atoms with E-state index in [1.807, 2.05) is 31.5 Å². The Labute approximate surface area is 151 Å². The number of hydrogen-bond donors (Lipinski definition) is 2. The van der Waals surface area contributed by atoms with Crippen LogP contribution in [-0.4, -0.2) is 25.4 Å². The minimum absolute atomic E-state index is 0. The number of H-pyrrole nitrogens is 2. The number of rotatable bonds is 1. The summed E-state index contributed by atoms with van der Waals surface area (Å²) >= 11 is 0. The molecule has 3 heterocycles. The predicted molar refractivity (Wildman–Crippen MR) is 102 cm³/mol. The molecule has 130 valence electrons. The third-order valence-electron chi connectivity index (χ3n) is 5.25. The number of nitrogens with one attached hydrogen (secondary N) is 2. The first-order valence-electron chi connectivity index (χ1n) is 8.43. The number of nitrogens with zero attached hydrogens (tertiary/aromatic N) is 4. The Balaban J connectivity index is 0.00000168. The molecule has 2 N–H and O–H groups in total. The normalized spacial score (nSPS) is 16.2. The predicted octanol–water partition coefficient (Wildman–Crippen LogP) is 4.07. The molecular weight excluding hydrogens is 324 g/mol. The zero-order valence-corrected chi connectivity index (χ0v) is 13.8. The van der Waals surface area contributed by atoms with Crippen molar-refractivity contribution in [2.75, 3.05) is 0 Å². The van der Waals surface area contributed by atoms with Gasteiger partial charge in [-0.15, -0.1) is 0 Å². The molecule has 0 amide bonds. The zero-order valence-electron chi connectivity index (χ0n) is 13.8. The first-order chi connectivity index (χ1) is 12.3. The molecule has 0 bridgehead atoms. The number of pyridine rings is 1. The summed E-state index contributed by atoms with van der Waals surface area (Å²) in [5, 5.41) is 26.1. The molecule has 1 aliphatic carbocycles. The summed E-state index contributed by atoms with van der Waals surface area (Å²) in [7, 11) is 0. The van der Waals surface area contributed by atoms with Crippen molar-refractivity contribution in [1.82, 2.24) is 25.4 Å². The molecule has 1 unspecified atom stereocenters. The molecule has 0 saturated heterocycles. The van der Waals surface area contributed by atoms with Crippen molar-refractivity contribution in [2.24, 2.45) is 5.92 Å². The van der Waals surface area contributed by atoms with Gasteiger partial charge in [0.05, 0.1) is 41.1 Å². The highest BCUT2D eigenvalue weighted by Crippen LogP contribution is 2.39. The fraction of sp³-hybridized carbons (Fsp3) is 0.300. The molecular formula is C20H20N6. The van der Waals surface area contributed by atoms with Gasteiger partial charge in [-0.1, -0.05) is 7.43 Å². The second-order valence-corrected chi connectivity index (χ2v) is 6.69. The highest BCUT2D eigenvalue weighted by molar-refractivity contribution is 6.07. The van der Waals surface area contributed by atoms with E-state index in [2.05, 4.69) is 26.5 Å². The lowest BCUT2D eigenvalue weighted by atomic mass is 9.80. The summed E-state index contributed by atoms with van der Waals surface area (Å²) in [5.74, 6) is 0.0428. The van der Waals surface area contributed by atoms with Crippen molar-refractivity contribution in [2.45, 2.75) is 33.6 Å². The zero-order chi connectivity index (χ0) is 17.0. The Morgan fingerprint density at radius 3 is 2.77 bits per heavy atom. The van der Waals surface area contributed by atoms with E-state index in [0.717, 1.165) is 52.6 Å². The van der Waals surface area contributed by atoms with Crippen LogP contribution in [0.4, 0.5) is 0 Å². The van der Waals surface area contributed by atoms with Gasteiger partial charge in [-0.3, -0.25) is 10.2 Å². The lowest BCUT2D eigenvalue weighted by molar-refractivity contribution is 0.567. The molecule has 5 rings (SSSR count). The van der Waals surface area contributed by atoms with E-state index in [1.54, 1.807) is 0 Å². The molecule has 0 spiro atoms. The van der Waals surface area contributed by atoms with Crippen LogP contribution in [0.5, 0.6) is 0 Å². The molecule has 1 aliphatic rings. The van der Waals surface area contributed by atoms with E-state index in [1.165, 1.54) is 16.5 Å². The van der Waals surface area contributed by atoms with Crippen LogP contribution < -0.4 is 0 Å². The minimum Gasteiger partial charge on any atom is -0.282 e. The maximum atomic E-state index is 9.44. The third-order valence-corrected chi connectivity index (χ3v) is 5.25. The molecule has 4 aromatic rings. The molecule has 26 heavy (non-hydrogen) atoms. The maximum absolute atomic E-state index is 9.44. The lowest BCUT2D eigenvalue weighted by Gasteiger charge is -2.24. The van der Waals surface area contributed by atoms with Crippen LogP contribution in [0.3, 0.4) is 0 Å². The lowest BCUT2D eigenvalue weighted by Crippen LogP contribution is -2.15. The third kappa shape index (κ3) is 2.21. The van der Waals surface area contributed by atoms with Crippen molar-refractivity contribution in [3.05, 3.63) is 41.3 Å². The van der Waals surface area contributed by atoms with Gasteiger partial charge in [0.1, 0.15) is 0 Å². The second-order valence-electron chi connectivity index (χ2n) is 6.69. The highest BCUT2D eigenvalue weighted by atomic mass is 15.1. The van der Waals surface area contributed by atoms with Gasteiger partial charge in [0.25, 0.3) is 0 Å². The number of aromatic amines is 2. The largest absolute Gasteiger partial charge is 0.282 e. The Morgan fingerprint density at radius 1 is 1.15 bits per heavy atom. The fourth-order valence-electron chi connectivity index (χ4n) is 3.98. The van der Waals surface area contributed by atoms with Crippen LogP contribution in [0.25, 0.3) is 33.1 Å². The van der Waals surface area contributed by atoms with Gasteiger partial charge < -0.3 is 0 Å². The van der Waals surface area contributed by atoms with Crippen LogP contribution in [0.2, 0.25) is 0 Å². The van der Waals surface area contributed by atoms with Gasteiger partial charge >= 0.3 is 0 Å². The first-order valence-corrected chi connectivity index (χ1v) is 8.43. The monoisotopic (exact) mass is 344 g/mol. The summed E-state index contributed by atoms with van der Waals surface area (Å²) < 4.78 is 0. The number of aromatic nitrogens is 5. The topological polar surface area (TPSA) is 94.0 Å². The fourth-order valence-corrected chi connectivity index (χ4v) is 3.98. The van der Waals surface area contributed by atoms with Crippen LogP contribution >= 0.6 is 0 Å². The maximum Gasteiger partial charge on any atom is 0.0779 e.